The molecule has 0 radical (unpaired) electrons. The number of nitrogens with one attached hydrogen (secondary N) is 2. The zero-order valence-electron chi connectivity index (χ0n) is 13.4. The molecule has 1 unspecified atom stereocenters. The standard InChI is InChI=1S/C16H19F2N3O3.ClH/c17-16(18)24-12-5-3-11(4-6-12)21-7-1-2-13(15(21)23)20-14(22)10-8-19-9-10;/h3-6,10,13,16,19H,1-2,7-9H2,(H,20,22);1H. The topological polar surface area (TPSA) is 70.7 Å². The Kier molecular flexibility index (Phi) is 6.55. The lowest BCUT2D eigenvalue weighted by Gasteiger charge is -2.34. The van der Waals surface area contributed by atoms with E-state index in [9.17, 15) is 18.4 Å². The van der Waals surface area contributed by atoms with E-state index < -0.39 is 12.7 Å². The minimum absolute atomic E-state index is 0. The molecule has 2 N–H and O–H groups in total. The number of amides is 2. The van der Waals surface area contributed by atoms with Gasteiger partial charge in [0.1, 0.15) is 11.8 Å². The number of halogens is 3. The molecule has 0 aromatic heterocycles. The van der Waals surface area contributed by atoms with Crippen molar-refractivity contribution in [2.75, 3.05) is 24.5 Å². The summed E-state index contributed by atoms with van der Waals surface area (Å²) in [5.41, 5.74) is 0.603. The van der Waals surface area contributed by atoms with Crippen molar-refractivity contribution in [3.63, 3.8) is 0 Å². The summed E-state index contributed by atoms with van der Waals surface area (Å²) in [6.45, 7) is -1.07. The van der Waals surface area contributed by atoms with E-state index in [0.717, 1.165) is 6.42 Å². The van der Waals surface area contributed by atoms with Crippen LogP contribution in [0.4, 0.5) is 14.5 Å². The average Bonchev–Trinajstić information content (AvgIpc) is 2.48. The molecule has 6 nitrogen and oxygen atoms in total. The second-order valence-corrected chi connectivity index (χ2v) is 5.92. The van der Waals surface area contributed by atoms with Crippen LogP contribution in [-0.4, -0.2) is 44.1 Å². The van der Waals surface area contributed by atoms with E-state index in [4.69, 9.17) is 0 Å². The van der Waals surface area contributed by atoms with Crippen molar-refractivity contribution in [2.45, 2.75) is 25.5 Å². The molecule has 2 fully saturated rings. The largest absolute Gasteiger partial charge is 0.435 e. The highest BCUT2D eigenvalue weighted by atomic mass is 35.5. The Balaban J connectivity index is 0.00000225. The molecule has 0 bridgehead atoms. The molecule has 1 atom stereocenters. The Morgan fingerprint density at radius 2 is 1.96 bits per heavy atom. The summed E-state index contributed by atoms with van der Waals surface area (Å²) in [7, 11) is 0. The van der Waals surface area contributed by atoms with Crippen LogP contribution in [0, 0.1) is 5.92 Å². The lowest BCUT2D eigenvalue weighted by Crippen LogP contribution is -2.57. The second kappa shape index (κ2) is 8.44. The summed E-state index contributed by atoms with van der Waals surface area (Å²) in [5.74, 6) is -0.307. The van der Waals surface area contributed by atoms with Crippen LogP contribution < -0.4 is 20.3 Å². The van der Waals surface area contributed by atoms with Crippen molar-refractivity contribution in [3.05, 3.63) is 24.3 Å². The van der Waals surface area contributed by atoms with Crippen LogP contribution in [-0.2, 0) is 9.59 Å². The van der Waals surface area contributed by atoms with Crippen LogP contribution in [0.15, 0.2) is 24.3 Å². The molecular weight excluding hydrogens is 356 g/mol. The Morgan fingerprint density at radius 3 is 2.52 bits per heavy atom. The van der Waals surface area contributed by atoms with Crippen LogP contribution in [0.25, 0.3) is 0 Å². The zero-order chi connectivity index (χ0) is 17.1. The predicted molar refractivity (Wildman–Crippen MR) is 90.2 cm³/mol. The van der Waals surface area contributed by atoms with E-state index >= 15 is 0 Å². The lowest BCUT2D eigenvalue weighted by atomic mass is 9.99. The molecule has 9 heteroatoms. The molecule has 0 aliphatic carbocycles. The van der Waals surface area contributed by atoms with E-state index in [0.29, 0.717) is 31.7 Å². The fourth-order valence-corrected chi connectivity index (χ4v) is 2.84. The molecule has 1 aromatic rings. The van der Waals surface area contributed by atoms with Gasteiger partial charge in [-0.1, -0.05) is 0 Å². The number of rotatable bonds is 5. The monoisotopic (exact) mass is 375 g/mol. The first-order chi connectivity index (χ1) is 11.5. The summed E-state index contributed by atoms with van der Waals surface area (Å²) in [6.07, 6.45) is 1.36. The number of nitrogens with zero attached hydrogens (tertiary/aromatic N) is 1. The van der Waals surface area contributed by atoms with Crippen LogP contribution in [0.3, 0.4) is 0 Å². The summed E-state index contributed by atoms with van der Waals surface area (Å²) in [4.78, 5) is 26.2. The van der Waals surface area contributed by atoms with Crippen LogP contribution >= 0.6 is 12.4 Å². The molecule has 0 saturated carbocycles. The second-order valence-electron chi connectivity index (χ2n) is 5.92. The molecule has 2 heterocycles. The third kappa shape index (κ3) is 4.58. The molecule has 138 valence electrons. The lowest BCUT2D eigenvalue weighted by molar-refractivity contribution is -0.131. The molecule has 2 amide bonds. The Labute approximate surface area is 150 Å². The van der Waals surface area contributed by atoms with Gasteiger partial charge in [-0.25, -0.2) is 0 Å². The fourth-order valence-electron chi connectivity index (χ4n) is 2.84. The highest BCUT2D eigenvalue weighted by Crippen LogP contribution is 2.24. The number of hydrogen-bond acceptors (Lipinski definition) is 4. The summed E-state index contributed by atoms with van der Waals surface area (Å²) in [6, 6.07) is 5.39. The number of piperidine rings is 1. The van der Waals surface area contributed by atoms with Crippen molar-refractivity contribution in [2.24, 2.45) is 5.92 Å². The molecule has 2 aliphatic rings. The summed E-state index contributed by atoms with van der Waals surface area (Å²) in [5, 5.41) is 5.84. The van der Waals surface area contributed by atoms with E-state index in [1.807, 2.05) is 0 Å². The minimum Gasteiger partial charge on any atom is -0.435 e. The van der Waals surface area contributed by atoms with E-state index in [-0.39, 0.29) is 35.9 Å². The van der Waals surface area contributed by atoms with E-state index in [2.05, 4.69) is 15.4 Å². The SMILES string of the molecule is Cl.O=C(NC1CCCN(c2ccc(OC(F)F)cc2)C1=O)C1CNC1. The van der Waals surface area contributed by atoms with Gasteiger partial charge in [0.05, 0.1) is 5.92 Å². The van der Waals surface area contributed by atoms with Gasteiger partial charge in [0.25, 0.3) is 0 Å². The van der Waals surface area contributed by atoms with Gasteiger partial charge in [-0.3, -0.25) is 9.59 Å². The number of anilines is 1. The number of carbonyl (C=O) groups excluding carboxylic acids is 2. The number of hydrogen-bond donors (Lipinski definition) is 2. The molecule has 2 aliphatic heterocycles. The fraction of sp³-hybridized carbons (Fsp3) is 0.500. The van der Waals surface area contributed by atoms with Crippen molar-refractivity contribution in [1.82, 2.24) is 10.6 Å². The van der Waals surface area contributed by atoms with E-state index in [1.165, 1.54) is 12.1 Å². The predicted octanol–water partition coefficient (Wildman–Crippen LogP) is 1.54. The van der Waals surface area contributed by atoms with Crippen molar-refractivity contribution in [3.8, 4) is 5.75 Å². The third-order valence-electron chi connectivity index (χ3n) is 4.28. The van der Waals surface area contributed by atoms with E-state index in [1.54, 1.807) is 17.0 Å². The van der Waals surface area contributed by atoms with Gasteiger partial charge in [-0.2, -0.15) is 8.78 Å². The highest BCUT2D eigenvalue weighted by Gasteiger charge is 2.33. The third-order valence-corrected chi connectivity index (χ3v) is 4.28. The molecule has 2 saturated heterocycles. The van der Waals surface area contributed by atoms with Gasteiger partial charge < -0.3 is 20.3 Å². The average molecular weight is 376 g/mol. The van der Waals surface area contributed by atoms with Gasteiger partial charge in [-0.15, -0.1) is 12.4 Å². The maximum absolute atomic E-state index is 12.6. The number of alkyl halides is 2. The van der Waals surface area contributed by atoms with Crippen LogP contribution in [0.2, 0.25) is 0 Å². The van der Waals surface area contributed by atoms with Crippen molar-refractivity contribution < 1.29 is 23.1 Å². The van der Waals surface area contributed by atoms with Crippen LogP contribution in [0.5, 0.6) is 5.75 Å². The maximum atomic E-state index is 12.6. The summed E-state index contributed by atoms with van der Waals surface area (Å²) < 4.78 is 28.7. The highest BCUT2D eigenvalue weighted by molar-refractivity contribution is 6.00. The quantitative estimate of drug-likeness (QED) is 0.819. The first kappa shape index (κ1) is 19.4. The maximum Gasteiger partial charge on any atom is 0.387 e. The van der Waals surface area contributed by atoms with Crippen molar-refractivity contribution in [1.29, 1.82) is 0 Å². The minimum atomic E-state index is -2.88. The zero-order valence-corrected chi connectivity index (χ0v) is 14.2. The van der Waals surface area contributed by atoms with Gasteiger partial charge >= 0.3 is 6.61 Å². The molecule has 3 rings (SSSR count). The smallest absolute Gasteiger partial charge is 0.387 e. The Hall–Kier alpha value is -1.93. The first-order valence-electron chi connectivity index (χ1n) is 7.92. The number of carbonyl (C=O) groups is 2. The molecule has 1 aromatic carbocycles. The molecule has 25 heavy (non-hydrogen) atoms. The molecule has 0 spiro atoms. The number of ether oxygens (including phenoxy) is 1. The first-order valence-corrected chi connectivity index (χ1v) is 7.92. The van der Waals surface area contributed by atoms with Gasteiger partial charge in [0, 0.05) is 25.3 Å². The normalized spacial score (nSPS) is 20.7. The Morgan fingerprint density at radius 1 is 1.28 bits per heavy atom. The Bertz CT molecular complexity index is 611. The number of benzene rings is 1. The van der Waals surface area contributed by atoms with Gasteiger partial charge in [0.15, 0.2) is 0 Å². The van der Waals surface area contributed by atoms with Crippen molar-refractivity contribution >= 4 is 29.9 Å². The van der Waals surface area contributed by atoms with Crippen LogP contribution in [0.1, 0.15) is 12.8 Å². The van der Waals surface area contributed by atoms with Gasteiger partial charge in [0.2, 0.25) is 11.8 Å². The van der Waals surface area contributed by atoms with Gasteiger partial charge in [-0.05, 0) is 37.1 Å². The summed E-state index contributed by atoms with van der Waals surface area (Å²) >= 11 is 0. The molecular formula is C16H20ClF2N3O3.